The minimum absolute atomic E-state index is 0.0270. The van der Waals surface area contributed by atoms with E-state index in [0.29, 0.717) is 4.90 Å². The highest BCUT2D eigenvalue weighted by Crippen LogP contribution is 2.73. The molecule has 12 nitrogen and oxygen atoms in total. The van der Waals surface area contributed by atoms with Crippen LogP contribution in [0.4, 0.5) is 5.95 Å². The molecule has 3 unspecified atom stereocenters. The highest BCUT2D eigenvalue weighted by molar-refractivity contribution is 7.96. The van der Waals surface area contributed by atoms with Gasteiger partial charge in [0.15, 0.2) is 21.9 Å². The summed E-state index contributed by atoms with van der Waals surface area (Å²) in [4.78, 5) is 24.0. The van der Waals surface area contributed by atoms with Gasteiger partial charge in [0.05, 0.1) is 11.2 Å². The van der Waals surface area contributed by atoms with Crippen molar-refractivity contribution in [2.75, 3.05) is 5.73 Å². The third-order valence-electron chi connectivity index (χ3n) is 10.2. The topological polar surface area (TPSA) is 172 Å². The van der Waals surface area contributed by atoms with Crippen LogP contribution in [0.1, 0.15) is 124 Å². The number of nitrogens with zero attached hydrogens (tertiary/aromatic N) is 3. The summed E-state index contributed by atoms with van der Waals surface area (Å²) < 4.78 is 52.5. The summed E-state index contributed by atoms with van der Waals surface area (Å²) in [5, 5.41) is 9.70. The van der Waals surface area contributed by atoms with E-state index in [-0.39, 0.29) is 34.9 Å². The average molecular weight is 718 g/mol. The van der Waals surface area contributed by atoms with Crippen LogP contribution < -0.4 is 11.3 Å². The molecule has 3 aliphatic heterocycles. The van der Waals surface area contributed by atoms with Crippen molar-refractivity contribution >= 4 is 45.0 Å². The lowest BCUT2D eigenvalue weighted by atomic mass is 9.89. The van der Waals surface area contributed by atoms with Crippen LogP contribution >= 0.6 is 0 Å². The number of imidazole rings is 1. The summed E-state index contributed by atoms with van der Waals surface area (Å²) in [6.07, 6.45) is -2.08. The number of fused-ring (bicyclic) bond motifs is 1. The Bertz CT molecular complexity index is 1920. The van der Waals surface area contributed by atoms with Gasteiger partial charge in [0.1, 0.15) is 26.2 Å². The maximum Gasteiger partial charge on any atom is 0.328 e. The van der Waals surface area contributed by atoms with Crippen molar-refractivity contribution in [3.63, 3.8) is 0 Å². The Morgan fingerprint density at radius 3 is 2.08 bits per heavy atom. The van der Waals surface area contributed by atoms with Gasteiger partial charge in [0.2, 0.25) is 15.8 Å². The van der Waals surface area contributed by atoms with Gasteiger partial charge in [-0.2, -0.15) is 4.98 Å². The van der Waals surface area contributed by atoms with Crippen molar-refractivity contribution in [3.8, 4) is 0 Å². The minimum atomic E-state index is -4.30. The lowest BCUT2D eigenvalue weighted by Gasteiger charge is -2.42. The summed E-state index contributed by atoms with van der Waals surface area (Å²) in [6.45, 7) is 24.4. The van der Waals surface area contributed by atoms with Gasteiger partial charge >= 0.3 is 9.28 Å². The van der Waals surface area contributed by atoms with Gasteiger partial charge in [-0.25, -0.2) is 13.4 Å². The maximum absolute atomic E-state index is 16.0. The van der Waals surface area contributed by atoms with Gasteiger partial charge in [-0.05, 0) is 39.5 Å². The Hall–Kier alpha value is -2.41. The van der Waals surface area contributed by atoms with Crippen LogP contribution in [-0.4, -0.2) is 73.1 Å². The van der Waals surface area contributed by atoms with Crippen LogP contribution in [0.5, 0.6) is 0 Å². The Morgan fingerprint density at radius 2 is 1.58 bits per heavy atom. The molecule has 0 saturated carbocycles. The number of hydrogen-bond donors (Lipinski definition) is 3. The first-order valence-electron chi connectivity index (χ1n) is 16.9. The van der Waals surface area contributed by atoms with Crippen LogP contribution in [0.2, 0.25) is 10.1 Å². The molecule has 5 heterocycles. The van der Waals surface area contributed by atoms with E-state index in [4.69, 9.17) is 19.3 Å². The van der Waals surface area contributed by atoms with Crippen LogP contribution in [-0.2, 0) is 23.4 Å². The highest BCUT2D eigenvalue weighted by atomic mass is 32.2. The lowest BCUT2D eigenvalue weighted by Crippen LogP contribution is -2.58. The predicted octanol–water partition coefficient (Wildman–Crippen LogP) is 4.43. The molecule has 15 heteroatoms. The second kappa shape index (κ2) is 11.0. The number of aromatic nitrogens is 4. The van der Waals surface area contributed by atoms with E-state index in [1.807, 2.05) is 81.4 Å². The number of sulfone groups is 1. The second-order valence-corrected chi connectivity index (χ2v) is 26.5. The van der Waals surface area contributed by atoms with Crippen molar-refractivity contribution in [1.82, 2.24) is 19.5 Å². The maximum atomic E-state index is 16.0. The third kappa shape index (κ3) is 4.78. The highest BCUT2D eigenvalue weighted by Gasteiger charge is 2.96. The number of benzene rings is 1. The molecule has 0 bridgehead atoms. The molecule has 0 radical (unpaired) electrons. The molecule has 264 valence electrons. The van der Waals surface area contributed by atoms with Crippen molar-refractivity contribution < 1.29 is 27.1 Å². The smallest absolute Gasteiger partial charge is 0.328 e. The summed E-state index contributed by atoms with van der Waals surface area (Å²) in [7, 11) is -9.90. The molecule has 7 atom stereocenters. The number of aliphatic hydroxyl groups is 1. The first-order valence-corrected chi connectivity index (χ1v) is 21.6. The van der Waals surface area contributed by atoms with Gasteiger partial charge in [-0.1, -0.05) is 95.2 Å². The molecule has 3 aromatic rings. The fraction of sp³-hybridized carbons (Fsp3) is 0.667. The van der Waals surface area contributed by atoms with E-state index in [0.717, 1.165) is 16.7 Å². The Morgan fingerprint density at radius 1 is 1.00 bits per heavy atom. The zero-order chi connectivity index (χ0) is 35.7. The fourth-order valence-corrected chi connectivity index (χ4v) is 22.6. The quantitative estimate of drug-likeness (QED) is 0.310. The number of nitrogens with one attached hydrogen (secondary N) is 1. The van der Waals surface area contributed by atoms with E-state index in [9.17, 15) is 9.90 Å². The Balaban J connectivity index is 1.65. The summed E-state index contributed by atoms with van der Waals surface area (Å²) in [6, 6.07) is 4.09. The molecule has 3 fully saturated rings. The largest absolute Gasteiger partial charge is 0.387 e. The van der Waals surface area contributed by atoms with Crippen molar-refractivity contribution in [3.05, 3.63) is 45.5 Å². The summed E-state index contributed by atoms with van der Waals surface area (Å²) in [5.41, 5.74) is 8.14. The number of anilines is 1. The fourth-order valence-electron chi connectivity index (χ4n) is 8.06. The summed E-state index contributed by atoms with van der Waals surface area (Å²) >= 11 is 0. The van der Waals surface area contributed by atoms with Gasteiger partial charge in [-0.3, -0.25) is 14.3 Å². The number of rotatable bonds is 6. The van der Waals surface area contributed by atoms with Gasteiger partial charge in [0, 0.05) is 5.04 Å². The first kappa shape index (κ1) is 35.4. The number of aromatic amines is 1. The van der Waals surface area contributed by atoms with Crippen molar-refractivity contribution in [1.29, 1.82) is 0 Å². The van der Waals surface area contributed by atoms with Gasteiger partial charge in [-0.15, -0.1) is 0 Å². The van der Waals surface area contributed by atoms with Crippen LogP contribution in [0.25, 0.3) is 11.2 Å². The monoisotopic (exact) mass is 717 g/mol. The van der Waals surface area contributed by atoms with E-state index >= 15 is 8.42 Å². The number of ether oxygens (including phenoxy) is 1. The molecule has 3 saturated heterocycles. The number of aliphatic hydroxyl groups excluding tert-OH is 1. The van der Waals surface area contributed by atoms with Crippen molar-refractivity contribution in [2.24, 2.45) is 0 Å². The minimum Gasteiger partial charge on any atom is -0.387 e. The standard InChI is InChI=1S/C33H51N5O7SSi2/c1-16(2)19-13-20(17(3)4)24(21(14-19)18(5)6)46(41,42)33-32(47(33)30(7,8)9)25(44-48(45-33)31(10,11)12)23(39)28(43-32)38-15-35-22-26(38)36-29(34)37-27(22)40/h13-18,23,25,28,39,47-48H,1-12H3,(H3,34,36,37,40)/t23-,25+,28-,32-,33?,47?,48?/m1/s1. The molecule has 4 N–H and O–H groups in total. The molecule has 6 rings (SSSR count). The number of nitrogens with two attached hydrogens (primary N) is 1. The van der Waals surface area contributed by atoms with E-state index in [1.54, 1.807) is 0 Å². The lowest BCUT2D eigenvalue weighted by molar-refractivity contribution is -0.0836. The van der Waals surface area contributed by atoms with Crippen LogP contribution in [0.15, 0.2) is 28.2 Å². The van der Waals surface area contributed by atoms with E-state index in [1.165, 1.54) is 10.9 Å². The van der Waals surface area contributed by atoms with Gasteiger partial charge < -0.3 is 24.4 Å². The van der Waals surface area contributed by atoms with E-state index < -0.39 is 71.8 Å². The Kier molecular flexibility index (Phi) is 8.15. The molecular weight excluding hydrogens is 667 g/mol. The number of H-pyrrole nitrogens is 1. The number of hydrogen-bond acceptors (Lipinski definition) is 10. The SMILES string of the molecule is CC(C)c1cc(C(C)C)c(S(=O)(=O)C23O[SiH](C(C)(C)C)O[C@H]4[C@@H](O)[C@H](n5cnc6c(=O)[nH]c(N)nc65)O[C@@]42[SiH]3C(C)(C)C)c(C(C)C)c1. The zero-order valence-electron chi connectivity index (χ0n) is 30.1. The van der Waals surface area contributed by atoms with Gasteiger partial charge in [0.25, 0.3) is 5.56 Å². The third-order valence-corrected chi connectivity index (χ3v) is 21.8. The number of nitrogen functional groups attached to an aromatic ring is 1. The molecule has 48 heavy (non-hydrogen) atoms. The van der Waals surface area contributed by atoms with Crippen LogP contribution in [0, 0.1) is 0 Å². The first-order chi connectivity index (χ1) is 22.0. The van der Waals surface area contributed by atoms with E-state index in [2.05, 4.69) is 28.8 Å². The second-order valence-electron chi connectivity index (χ2n) is 16.9. The molecule has 2 aromatic heterocycles. The molecule has 1 spiro atoms. The molecular formula is C33H51N5O7SSi2. The molecule has 1 aromatic carbocycles. The zero-order valence-corrected chi connectivity index (χ0v) is 33.2. The van der Waals surface area contributed by atoms with Crippen molar-refractivity contribution in [2.45, 2.75) is 144 Å². The average Bonchev–Trinajstić information content (AvgIpc) is 3.23. The van der Waals surface area contributed by atoms with Crippen LogP contribution in [0.3, 0.4) is 0 Å². The predicted molar refractivity (Wildman–Crippen MR) is 190 cm³/mol. The molecule has 0 amide bonds. The normalized spacial score (nSPS) is 30.8. The molecule has 0 aliphatic carbocycles. The molecule has 3 aliphatic rings. The Labute approximate surface area is 286 Å². The summed E-state index contributed by atoms with van der Waals surface area (Å²) in [5.74, 6) is -0.0929.